The molecule has 27 heavy (non-hydrogen) atoms. The van der Waals surface area contributed by atoms with Crippen molar-refractivity contribution in [2.45, 2.75) is 65.8 Å². The highest BCUT2D eigenvalue weighted by atomic mass is 16.2. The molecule has 0 aliphatic rings. The third kappa shape index (κ3) is 8.67. The quantitative estimate of drug-likeness (QED) is 0.625. The minimum absolute atomic E-state index is 0.0587. The third-order valence-electron chi connectivity index (χ3n) is 4.37. The number of nitrogens with one attached hydrogen (secondary N) is 2. The van der Waals surface area contributed by atoms with Gasteiger partial charge >= 0.3 is 0 Å². The monoisotopic (exact) mass is 372 g/mol. The Morgan fingerprint density at radius 2 is 1.85 bits per heavy atom. The van der Waals surface area contributed by atoms with Crippen molar-refractivity contribution < 1.29 is 14.4 Å². The molecule has 0 fully saturated rings. The van der Waals surface area contributed by atoms with E-state index in [-0.39, 0.29) is 36.6 Å². The molecule has 1 atom stereocenters. The number of hydrogen-bond donors (Lipinski definition) is 2. The number of rotatable bonds is 11. The Bertz CT molecular complexity index is 680. The van der Waals surface area contributed by atoms with Crippen molar-refractivity contribution in [2.75, 3.05) is 6.54 Å². The fourth-order valence-corrected chi connectivity index (χ4v) is 2.91. The van der Waals surface area contributed by atoms with Gasteiger partial charge < -0.3 is 15.4 Å². The first kappa shape index (κ1) is 22.6. The smallest absolute Gasteiger partial charge is 0.239 e. The predicted molar refractivity (Wildman–Crippen MR) is 109 cm³/mol. The van der Waals surface area contributed by atoms with Crippen LogP contribution in [-0.4, -0.2) is 30.2 Å². The Labute approximate surface area is 162 Å². The van der Waals surface area contributed by atoms with E-state index in [2.05, 4.69) is 23.6 Å². The number of ketones is 1. The number of carbonyl (C=O) groups is 3. The molecule has 0 spiro atoms. The number of aryl methyl sites for hydroxylation is 1. The molecule has 0 aromatic heterocycles. The Morgan fingerprint density at radius 3 is 2.48 bits per heavy atom. The van der Waals surface area contributed by atoms with Gasteiger partial charge in [-0.15, -0.1) is 0 Å². The zero-order valence-electron chi connectivity index (χ0n) is 16.9. The first-order valence-electron chi connectivity index (χ1n) is 9.66. The van der Waals surface area contributed by atoms with E-state index in [1.54, 1.807) is 0 Å². The maximum atomic E-state index is 12.3. The van der Waals surface area contributed by atoms with E-state index in [9.17, 15) is 14.4 Å². The van der Waals surface area contributed by atoms with Crippen LogP contribution in [0.25, 0.3) is 5.57 Å². The highest BCUT2D eigenvalue weighted by Crippen LogP contribution is 2.23. The van der Waals surface area contributed by atoms with E-state index in [1.165, 1.54) is 12.5 Å². The number of amides is 2. The van der Waals surface area contributed by atoms with E-state index >= 15 is 0 Å². The van der Waals surface area contributed by atoms with Crippen LogP contribution < -0.4 is 10.6 Å². The number of hydrogen-bond acceptors (Lipinski definition) is 3. The lowest BCUT2D eigenvalue weighted by molar-refractivity contribution is -0.126. The number of benzene rings is 1. The molecule has 0 bridgehead atoms. The summed E-state index contributed by atoms with van der Waals surface area (Å²) in [4.78, 5) is 35.2. The second-order valence-corrected chi connectivity index (χ2v) is 6.88. The summed E-state index contributed by atoms with van der Waals surface area (Å²) >= 11 is 0. The molecule has 148 valence electrons. The lowest BCUT2D eigenvalue weighted by Gasteiger charge is -2.15. The SMILES string of the molecule is C/C=C(/CC(=O)NCC(=O)NC(C)CCC(C)=O)c1ccccc1CCC. The molecule has 0 saturated carbocycles. The van der Waals surface area contributed by atoms with E-state index in [0.29, 0.717) is 12.8 Å². The number of allylic oxidation sites excluding steroid dienone is 1. The predicted octanol–water partition coefficient (Wildman–Crippen LogP) is 3.42. The van der Waals surface area contributed by atoms with Gasteiger partial charge in [-0.25, -0.2) is 0 Å². The van der Waals surface area contributed by atoms with Crippen LogP contribution in [0.1, 0.15) is 64.5 Å². The van der Waals surface area contributed by atoms with Crippen LogP contribution in [0.3, 0.4) is 0 Å². The molecule has 5 nitrogen and oxygen atoms in total. The molecule has 1 aromatic rings. The van der Waals surface area contributed by atoms with Gasteiger partial charge in [-0.1, -0.05) is 43.7 Å². The van der Waals surface area contributed by atoms with Gasteiger partial charge in [0, 0.05) is 12.5 Å². The van der Waals surface area contributed by atoms with Crippen molar-refractivity contribution in [3.63, 3.8) is 0 Å². The summed E-state index contributed by atoms with van der Waals surface area (Å²) in [5, 5.41) is 5.47. The van der Waals surface area contributed by atoms with Crippen LogP contribution in [-0.2, 0) is 20.8 Å². The van der Waals surface area contributed by atoms with Crippen molar-refractivity contribution in [3.05, 3.63) is 41.5 Å². The molecule has 1 rings (SSSR count). The Kier molecular flexibility index (Phi) is 10.1. The maximum Gasteiger partial charge on any atom is 0.239 e. The normalized spacial score (nSPS) is 12.4. The van der Waals surface area contributed by atoms with Gasteiger partial charge in [0.2, 0.25) is 11.8 Å². The van der Waals surface area contributed by atoms with Crippen LogP contribution in [0.2, 0.25) is 0 Å². The van der Waals surface area contributed by atoms with Crippen molar-refractivity contribution in [3.8, 4) is 0 Å². The highest BCUT2D eigenvalue weighted by molar-refractivity contribution is 5.91. The number of Topliss-reactive ketones (excluding diaryl/α,β-unsaturated/α-hetero) is 1. The summed E-state index contributed by atoms with van der Waals surface area (Å²) in [5.74, 6) is -0.319. The maximum absolute atomic E-state index is 12.3. The van der Waals surface area contributed by atoms with Crippen LogP contribution in [0.15, 0.2) is 30.3 Å². The first-order chi connectivity index (χ1) is 12.9. The summed E-state index contributed by atoms with van der Waals surface area (Å²) in [6.07, 6.45) is 5.25. The van der Waals surface area contributed by atoms with Gasteiger partial charge in [0.1, 0.15) is 5.78 Å². The van der Waals surface area contributed by atoms with Gasteiger partial charge in [-0.05, 0) is 50.3 Å². The van der Waals surface area contributed by atoms with Gasteiger partial charge in [-0.3, -0.25) is 9.59 Å². The molecule has 0 radical (unpaired) electrons. The molecule has 5 heteroatoms. The van der Waals surface area contributed by atoms with Gasteiger partial charge in [-0.2, -0.15) is 0 Å². The van der Waals surface area contributed by atoms with Crippen LogP contribution in [0.4, 0.5) is 0 Å². The highest BCUT2D eigenvalue weighted by Gasteiger charge is 2.13. The van der Waals surface area contributed by atoms with Crippen molar-refractivity contribution in [1.82, 2.24) is 10.6 Å². The van der Waals surface area contributed by atoms with Gasteiger partial charge in [0.25, 0.3) is 0 Å². The lowest BCUT2D eigenvalue weighted by Crippen LogP contribution is -2.41. The summed E-state index contributed by atoms with van der Waals surface area (Å²) in [6, 6.07) is 8.03. The molecular formula is C22H32N2O3. The van der Waals surface area contributed by atoms with Crippen molar-refractivity contribution >= 4 is 23.2 Å². The Hall–Kier alpha value is -2.43. The molecule has 2 N–H and O–H groups in total. The molecule has 0 aliphatic heterocycles. The molecule has 2 amide bonds. The topological polar surface area (TPSA) is 75.3 Å². The fourth-order valence-electron chi connectivity index (χ4n) is 2.91. The van der Waals surface area contributed by atoms with Crippen molar-refractivity contribution in [2.24, 2.45) is 0 Å². The minimum atomic E-state index is -0.243. The zero-order valence-corrected chi connectivity index (χ0v) is 16.9. The first-order valence-corrected chi connectivity index (χ1v) is 9.66. The standard InChI is InChI=1S/C22H32N2O3/c1-5-9-19-10-7-8-11-20(19)18(6-2)14-21(26)23-15-22(27)24-16(3)12-13-17(4)25/h6-8,10-11,16H,5,9,12-15H2,1-4H3,(H,23,26)(H,24,27)/b18-6-. The van der Waals surface area contributed by atoms with Crippen LogP contribution >= 0.6 is 0 Å². The van der Waals surface area contributed by atoms with Gasteiger partial charge in [0.15, 0.2) is 0 Å². The third-order valence-corrected chi connectivity index (χ3v) is 4.37. The van der Waals surface area contributed by atoms with E-state index in [1.807, 2.05) is 38.1 Å². The largest absolute Gasteiger partial charge is 0.352 e. The molecule has 0 heterocycles. The Balaban J connectivity index is 2.53. The summed E-state index contributed by atoms with van der Waals surface area (Å²) in [5.41, 5.74) is 3.30. The second-order valence-electron chi connectivity index (χ2n) is 6.88. The van der Waals surface area contributed by atoms with E-state index < -0.39 is 0 Å². The average molecular weight is 373 g/mol. The summed E-state index contributed by atoms with van der Waals surface area (Å²) < 4.78 is 0. The Morgan fingerprint density at radius 1 is 1.15 bits per heavy atom. The zero-order chi connectivity index (χ0) is 20.2. The molecular weight excluding hydrogens is 340 g/mol. The van der Waals surface area contributed by atoms with Crippen molar-refractivity contribution in [1.29, 1.82) is 0 Å². The molecule has 1 unspecified atom stereocenters. The molecule has 0 saturated heterocycles. The van der Waals surface area contributed by atoms with E-state index in [0.717, 1.165) is 24.0 Å². The lowest BCUT2D eigenvalue weighted by atomic mass is 9.94. The number of carbonyl (C=O) groups excluding carboxylic acids is 3. The summed E-state index contributed by atoms with van der Waals surface area (Å²) in [7, 11) is 0. The summed E-state index contributed by atoms with van der Waals surface area (Å²) in [6.45, 7) is 7.39. The van der Waals surface area contributed by atoms with Crippen LogP contribution in [0, 0.1) is 0 Å². The van der Waals surface area contributed by atoms with Crippen LogP contribution in [0.5, 0.6) is 0 Å². The molecule has 1 aromatic carbocycles. The van der Waals surface area contributed by atoms with E-state index in [4.69, 9.17) is 0 Å². The average Bonchev–Trinajstić information content (AvgIpc) is 2.63. The van der Waals surface area contributed by atoms with Gasteiger partial charge in [0.05, 0.1) is 13.0 Å². The molecule has 0 aliphatic carbocycles. The minimum Gasteiger partial charge on any atom is -0.352 e. The second kappa shape index (κ2) is 12.0. The fraction of sp³-hybridized carbons (Fsp3) is 0.500.